The zero-order valence-corrected chi connectivity index (χ0v) is 19.0. The van der Waals surface area contributed by atoms with E-state index in [4.69, 9.17) is 14.7 Å². The van der Waals surface area contributed by atoms with Gasteiger partial charge in [0.25, 0.3) is 0 Å². The first-order valence-electron chi connectivity index (χ1n) is 10.7. The second kappa shape index (κ2) is 10.4. The van der Waals surface area contributed by atoms with E-state index in [0.717, 1.165) is 11.1 Å². The van der Waals surface area contributed by atoms with E-state index in [9.17, 15) is 13.2 Å². The van der Waals surface area contributed by atoms with Crippen LogP contribution in [0.25, 0.3) is 0 Å². The molecule has 0 fully saturated rings. The Hall–Kier alpha value is -3.87. The molecule has 0 saturated heterocycles. The standard InChI is InChI=1S/C25H23N3O5S/c26-13-12-18-6-8-20(9-7-18)27-25(29)22(16-19-4-2-1-3-5-19)28-34(30,31)21-10-11-23-24(17-21)33-15-14-32-23/h1-11,17,22,28H,12,14-16H2,(H,27,29)/t22-/m0/s1. The van der Waals surface area contributed by atoms with Gasteiger partial charge in [0.05, 0.1) is 17.4 Å². The van der Waals surface area contributed by atoms with Gasteiger partial charge in [0.2, 0.25) is 15.9 Å². The molecule has 1 heterocycles. The lowest BCUT2D eigenvalue weighted by Gasteiger charge is -2.21. The fourth-order valence-electron chi connectivity index (χ4n) is 3.51. The van der Waals surface area contributed by atoms with E-state index in [0.29, 0.717) is 30.4 Å². The Bertz CT molecular complexity index is 1300. The van der Waals surface area contributed by atoms with Crippen LogP contribution in [-0.2, 0) is 27.7 Å². The van der Waals surface area contributed by atoms with E-state index in [1.807, 2.05) is 30.3 Å². The van der Waals surface area contributed by atoms with Crippen molar-refractivity contribution in [2.45, 2.75) is 23.8 Å². The Kier molecular flexibility index (Phi) is 7.11. The van der Waals surface area contributed by atoms with Gasteiger partial charge in [0, 0.05) is 11.8 Å². The first-order valence-corrected chi connectivity index (χ1v) is 12.2. The second-order valence-electron chi connectivity index (χ2n) is 7.69. The number of fused-ring (bicyclic) bond motifs is 1. The molecule has 0 aromatic heterocycles. The van der Waals surface area contributed by atoms with Gasteiger partial charge < -0.3 is 14.8 Å². The first-order chi connectivity index (χ1) is 16.4. The van der Waals surface area contributed by atoms with Gasteiger partial charge in [-0.2, -0.15) is 9.98 Å². The Morgan fingerprint density at radius 1 is 0.941 bits per heavy atom. The molecule has 2 N–H and O–H groups in total. The minimum Gasteiger partial charge on any atom is -0.486 e. The fraction of sp³-hybridized carbons (Fsp3) is 0.200. The molecular formula is C25H23N3O5S. The predicted octanol–water partition coefficient (Wildman–Crippen LogP) is 3.05. The van der Waals surface area contributed by atoms with Crippen LogP contribution in [0.3, 0.4) is 0 Å². The summed E-state index contributed by atoms with van der Waals surface area (Å²) in [5.74, 6) is 0.317. The number of nitrogens with one attached hydrogen (secondary N) is 2. The molecule has 1 amide bonds. The van der Waals surface area contributed by atoms with E-state index in [-0.39, 0.29) is 17.7 Å². The molecule has 8 nitrogen and oxygen atoms in total. The Morgan fingerprint density at radius 2 is 1.65 bits per heavy atom. The highest BCUT2D eigenvalue weighted by Crippen LogP contribution is 2.32. The maximum absolute atomic E-state index is 13.2. The molecule has 3 aromatic carbocycles. The van der Waals surface area contributed by atoms with Crippen molar-refractivity contribution < 1.29 is 22.7 Å². The molecule has 0 unspecified atom stereocenters. The lowest BCUT2D eigenvalue weighted by molar-refractivity contribution is -0.117. The number of carbonyl (C=O) groups is 1. The number of ether oxygens (including phenoxy) is 2. The number of anilines is 1. The summed E-state index contributed by atoms with van der Waals surface area (Å²) in [6.07, 6.45) is 0.420. The third-order valence-electron chi connectivity index (χ3n) is 5.23. The van der Waals surface area contributed by atoms with Crippen LogP contribution in [0.15, 0.2) is 77.7 Å². The van der Waals surface area contributed by atoms with Crippen molar-refractivity contribution in [3.8, 4) is 17.6 Å². The van der Waals surface area contributed by atoms with Gasteiger partial charge in [-0.3, -0.25) is 4.79 Å². The third kappa shape index (κ3) is 5.73. The summed E-state index contributed by atoms with van der Waals surface area (Å²) in [6.45, 7) is 0.726. The Balaban J connectivity index is 1.56. The van der Waals surface area contributed by atoms with Gasteiger partial charge >= 0.3 is 0 Å². The molecule has 9 heteroatoms. The van der Waals surface area contributed by atoms with Crippen LogP contribution in [-0.4, -0.2) is 33.6 Å². The van der Waals surface area contributed by atoms with Crippen LogP contribution in [0.5, 0.6) is 11.5 Å². The zero-order chi connectivity index (χ0) is 24.0. The SMILES string of the molecule is N#CCc1ccc(NC(=O)[C@H](Cc2ccccc2)NS(=O)(=O)c2ccc3c(c2)OCCO3)cc1. The van der Waals surface area contributed by atoms with Crippen molar-refractivity contribution in [3.63, 3.8) is 0 Å². The molecule has 0 bridgehead atoms. The van der Waals surface area contributed by atoms with E-state index < -0.39 is 22.0 Å². The zero-order valence-electron chi connectivity index (χ0n) is 18.2. The van der Waals surface area contributed by atoms with Gasteiger partial charge in [0.1, 0.15) is 19.3 Å². The van der Waals surface area contributed by atoms with Gasteiger partial charge in [-0.05, 0) is 41.8 Å². The normalized spacial score (nSPS) is 13.5. The molecule has 174 valence electrons. The fourth-order valence-corrected chi connectivity index (χ4v) is 4.72. The Morgan fingerprint density at radius 3 is 2.35 bits per heavy atom. The van der Waals surface area contributed by atoms with Crippen molar-refractivity contribution in [1.82, 2.24) is 4.72 Å². The molecular weight excluding hydrogens is 454 g/mol. The highest BCUT2D eigenvalue weighted by atomic mass is 32.2. The molecule has 1 atom stereocenters. The van der Waals surface area contributed by atoms with E-state index in [1.165, 1.54) is 18.2 Å². The summed E-state index contributed by atoms with van der Waals surface area (Å²) in [4.78, 5) is 13.1. The van der Waals surface area contributed by atoms with E-state index in [2.05, 4.69) is 16.1 Å². The van der Waals surface area contributed by atoms with Gasteiger partial charge in [-0.25, -0.2) is 8.42 Å². The maximum atomic E-state index is 13.2. The molecule has 34 heavy (non-hydrogen) atoms. The van der Waals surface area contributed by atoms with Crippen molar-refractivity contribution >= 4 is 21.6 Å². The molecule has 4 rings (SSSR count). The summed E-state index contributed by atoms with van der Waals surface area (Å²) in [7, 11) is -4.05. The summed E-state index contributed by atoms with van der Waals surface area (Å²) >= 11 is 0. The average molecular weight is 478 g/mol. The Labute approximate surface area is 198 Å². The van der Waals surface area contributed by atoms with Crippen LogP contribution in [0.1, 0.15) is 11.1 Å². The first kappa shape index (κ1) is 23.3. The molecule has 0 saturated carbocycles. The van der Waals surface area contributed by atoms with Crippen molar-refractivity contribution in [3.05, 3.63) is 83.9 Å². The number of hydrogen-bond donors (Lipinski definition) is 2. The van der Waals surface area contributed by atoms with Crippen LogP contribution < -0.4 is 19.5 Å². The van der Waals surface area contributed by atoms with E-state index >= 15 is 0 Å². The number of nitrogens with zero attached hydrogens (tertiary/aromatic N) is 1. The molecule has 0 aliphatic carbocycles. The molecule has 1 aliphatic rings. The van der Waals surface area contributed by atoms with Crippen molar-refractivity contribution in [2.75, 3.05) is 18.5 Å². The predicted molar refractivity (Wildman–Crippen MR) is 126 cm³/mol. The molecule has 1 aliphatic heterocycles. The number of carbonyl (C=O) groups excluding carboxylic acids is 1. The van der Waals surface area contributed by atoms with Gasteiger partial charge in [-0.1, -0.05) is 42.5 Å². The minimum absolute atomic E-state index is 0.0246. The topological polar surface area (TPSA) is 118 Å². The lowest BCUT2D eigenvalue weighted by atomic mass is 10.1. The van der Waals surface area contributed by atoms with Gasteiger partial charge in [0.15, 0.2) is 11.5 Å². The maximum Gasteiger partial charge on any atom is 0.242 e. The number of amides is 1. The largest absolute Gasteiger partial charge is 0.486 e. The highest BCUT2D eigenvalue weighted by molar-refractivity contribution is 7.89. The van der Waals surface area contributed by atoms with Gasteiger partial charge in [-0.15, -0.1) is 0 Å². The molecule has 0 spiro atoms. The summed E-state index contributed by atoms with van der Waals surface area (Å²) < 4.78 is 39.8. The minimum atomic E-state index is -4.05. The number of nitriles is 1. The van der Waals surface area contributed by atoms with Crippen molar-refractivity contribution in [1.29, 1.82) is 5.26 Å². The number of benzene rings is 3. The quantitative estimate of drug-likeness (QED) is 0.515. The van der Waals surface area contributed by atoms with Crippen LogP contribution >= 0.6 is 0 Å². The molecule has 3 aromatic rings. The van der Waals surface area contributed by atoms with Crippen LogP contribution in [0, 0.1) is 11.3 Å². The lowest BCUT2D eigenvalue weighted by Crippen LogP contribution is -2.45. The van der Waals surface area contributed by atoms with Crippen LogP contribution in [0.2, 0.25) is 0 Å². The molecule has 0 radical (unpaired) electrons. The third-order valence-corrected chi connectivity index (χ3v) is 6.69. The number of sulfonamides is 1. The van der Waals surface area contributed by atoms with E-state index in [1.54, 1.807) is 24.3 Å². The monoisotopic (exact) mass is 477 g/mol. The summed E-state index contributed by atoms with van der Waals surface area (Å²) in [5, 5.41) is 11.6. The summed E-state index contributed by atoms with van der Waals surface area (Å²) in [5.41, 5.74) is 2.13. The number of hydrogen-bond acceptors (Lipinski definition) is 6. The number of rotatable bonds is 8. The van der Waals surface area contributed by atoms with Crippen LogP contribution in [0.4, 0.5) is 5.69 Å². The second-order valence-corrected chi connectivity index (χ2v) is 9.40. The summed E-state index contributed by atoms with van der Waals surface area (Å²) in [6, 6.07) is 21.3. The highest BCUT2D eigenvalue weighted by Gasteiger charge is 2.27. The average Bonchev–Trinajstić information content (AvgIpc) is 2.85. The van der Waals surface area contributed by atoms with Crippen molar-refractivity contribution in [2.24, 2.45) is 0 Å². The smallest absolute Gasteiger partial charge is 0.242 e.